The molecular weight excluding hydrogens is 260 g/mol. The van der Waals surface area contributed by atoms with Gasteiger partial charge in [0.15, 0.2) is 0 Å². The number of hydrogen-bond acceptors (Lipinski definition) is 2. The Kier molecular flexibility index (Phi) is 2.64. The Morgan fingerprint density at radius 1 is 0.952 bits per heavy atom. The Morgan fingerprint density at radius 3 is 2.52 bits per heavy atom. The second kappa shape index (κ2) is 4.63. The molecule has 0 bridgehead atoms. The molecule has 0 saturated carbocycles. The van der Waals surface area contributed by atoms with E-state index in [0.717, 1.165) is 33.8 Å². The normalized spacial score (nSPS) is 11.1. The van der Waals surface area contributed by atoms with Crippen LogP contribution in [0.4, 0.5) is 0 Å². The maximum absolute atomic E-state index is 5.43. The first kappa shape index (κ1) is 12.0. The summed E-state index contributed by atoms with van der Waals surface area (Å²) in [7, 11) is 0. The van der Waals surface area contributed by atoms with Crippen molar-refractivity contribution in [1.29, 1.82) is 0 Å². The topological polar surface area (TPSA) is 41.8 Å². The van der Waals surface area contributed by atoms with Crippen LogP contribution >= 0.6 is 0 Å². The molecule has 0 unspecified atom stereocenters. The lowest BCUT2D eigenvalue weighted by molar-refractivity contribution is 0.400. The molecule has 0 spiro atoms. The highest BCUT2D eigenvalue weighted by Crippen LogP contribution is 2.35. The molecule has 0 fully saturated rings. The molecule has 4 aromatic rings. The van der Waals surface area contributed by atoms with Crippen molar-refractivity contribution < 1.29 is 4.52 Å². The summed E-state index contributed by atoms with van der Waals surface area (Å²) in [5.41, 5.74) is 5.11. The van der Waals surface area contributed by atoms with E-state index in [2.05, 4.69) is 28.3 Å². The largest absolute Gasteiger partial charge is 0.360 e. The number of para-hydroxylation sites is 1. The third kappa shape index (κ3) is 1.94. The van der Waals surface area contributed by atoms with E-state index in [9.17, 15) is 0 Å². The number of fused-ring (bicyclic) bond motifs is 1. The predicted octanol–water partition coefficient (Wildman–Crippen LogP) is 4.80. The average Bonchev–Trinajstić information content (AvgIpc) is 3.11. The van der Waals surface area contributed by atoms with Gasteiger partial charge in [-0.1, -0.05) is 53.7 Å². The van der Waals surface area contributed by atoms with E-state index in [1.165, 1.54) is 5.39 Å². The van der Waals surface area contributed by atoms with Crippen molar-refractivity contribution in [2.75, 3.05) is 0 Å². The molecule has 2 heterocycles. The van der Waals surface area contributed by atoms with Crippen molar-refractivity contribution in [3.8, 4) is 22.5 Å². The van der Waals surface area contributed by atoms with E-state index in [-0.39, 0.29) is 0 Å². The average molecular weight is 274 g/mol. The molecule has 0 radical (unpaired) electrons. The number of benzene rings is 2. The molecule has 0 saturated heterocycles. The fourth-order valence-electron chi connectivity index (χ4n) is 2.69. The Balaban J connectivity index is 1.94. The van der Waals surface area contributed by atoms with Crippen molar-refractivity contribution in [2.24, 2.45) is 0 Å². The molecule has 0 atom stereocenters. The number of aromatic nitrogens is 2. The van der Waals surface area contributed by atoms with Gasteiger partial charge in [0.05, 0.1) is 11.3 Å². The maximum Gasteiger partial charge on any atom is 0.143 e. The predicted molar refractivity (Wildman–Crippen MR) is 84.0 cm³/mol. The van der Waals surface area contributed by atoms with Gasteiger partial charge in [-0.05, 0) is 19.1 Å². The van der Waals surface area contributed by atoms with Crippen LogP contribution in [-0.4, -0.2) is 10.1 Å². The molecule has 0 aliphatic rings. The smallest absolute Gasteiger partial charge is 0.143 e. The molecule has 21 heavy (non-hydrogen) atoms. The quantitative estimate of drug-likeness (QED) is 0.570. The fraction of sp³-hybridized carbons (Fsp3) is 0.0556. The third-order valence-electron chi connectivity index (χ3n) is 3.71. The van der Waals surface area contributed by atoms with Gasteiger partial charge in [-0.25, -0.2) is 0 Å². The van der Waals surface area contributed by atoms with Crippen molar-refractivity contribution >= 4 is 10.9 Å². The first-order valence-corrected chi connectivity index (χ1v) is 6.93. The van der Waals surface area contributed by atoms with Gasteiger partial charge in [0, 0.05) is 16.5 Å². The molecule has 0 aliphatic carbocycles. The van der Waals surface area contributed by atoms with Crippen LogP contribution in [0.15, 0.2) is 65.2 Å². The molecule has 0 aliphatic heterocycles. The molecular formula is C18H14N2O. The highest BCUT2D eigenvalue weighted by molar-refractivity contribution is 5.89. The second-order valence-electron chi connectivity index (χ2n) is 5.10. The molecule has 3 heteroatoms. The SMILES string of the molecule is Cc1onc(-c2ccccc2)c1-c1cc2ccccc2[nH]1. The summed E-state index contributed by atoms with van der Waals surface area (Å²) in [6.45, 7) is 1.94. The Labute approximate surface area is 122 Å². The van der Waals surface area contributed by atoms with Gasteiger partial charge in [-0.2, -0.15) is 0 Å². The van der Waals surface area contributed by atoms with E-state index in [1.54, 1.807) is 0 Å². The molecule has 0 amide bonds. The number of hydrogen-bond donors (Lipinski definition) is 1. The number of aryl methyl sites for hydroxylation is 1. The summed E-state index contributed by atoms with van der Waals surface area (Å²) in [4.78, 5) is 3.45. The zero-order valence-corrected chi connectivity index (χ0v) is 11.6. The van der Waals surface area contributed by atoms with Gasteiger partial charge < -0.3 is 9.51 Å². The molecule has 2 aromatic carbocycles. The number of aromatic amines is 1. The summed E-state index contributed by atoms with van der Waals surface area (Å²) in [6, 6.07) is 20.5. The van der Waals surface area contributed by atoms with Crippen LogP contribution in [0.2, 0.25) is 0 Å². The molecule has 2 aromatic heterocycles. The minimum Gasteiger partial charge on any atom is -0.360 e. The Bertz CT molecular complexity index is 870. The van der Waals surface area contributed by atoms with Gasteiger partial charge in [0.1, 0.15) is 11.5 Å². The van der Waals surface area contributed by atoms with E-state index in [0.29, 0.717) is 0 Å². The highest BCUT2D eigenvalue weighted by Gasteiger charge is 2.17. The minimum absolute atomic E-state index is 0.820. The van der Waals surface area contributed by atoms with Gasteiger partial charge in [0.25, 0.3) is 0 Å². The van der Waals surface area contributed by atoms with Crippen LogP contribution < -0.4 is 0 Å². The summed E-state index contributed by atoms with van der Waals surface area (Å²) in [6.07, 6.45) is 0. The lowest BCUT2D eigenvalue weighted by atomic mass is 10.0. The van der Waals surface area contributed by atoms with Crippen LogP contribution in [0, 0.1) is 6.92 Å². The van der Waals surface area contributed by atoms with Crippen molar-refractivity contribution in [3.05, 3.63) is 66.4 Å². The van der Waals surface area contributed by atoms with E-state index >= 15 is 0 Å². The van der Waals surface area contributed by atoms with Crippen molar-refractivity contribution in [3.63, 3.8) is 0 Å². The lowest BCUT2D eigenvalue weighted by Gasteiger charge is -2.00. The minimum atomic E-state index is 0.820. The van der Waals surface area contributed by atoms with Gasteiger partial charge in [-0.3, -0.25) is 0 Å². The molecule has 3 nitrogen and oxygen atoms in total. The van der Waals surface area contributed by atoms with E-state index in [1.807, 2.05) is 49.4 Å². The summed E-state index contributed by atoms with van der Waals surface area (Å²) >= 11 is 0. The fourth-order valence-corrected chi connectivity index (χ4v) is 2.69. The number of nitrogens with zero attached hydrogens (tertiary/aromatic N) is 1. The Morgan fingerprint density at radius 2 is 1.71 bits per heavy atom. The molecule has 102 valence electrons. The standard InChI is InChI=1S/C18H14N2O/c1-12-17(16-11-14-9-5-6-10-15(14)19-16)18(20-21-12)13-7-3-2-4-8-13/h2-11,19H,1H3. The van der Waals surface area contributed by atoms with Gasteiger partial charge in [-0.15, -0.1) is 0 Å². The third-order valence-corrected chi connectivity index (χ3v) is 3.71. The number of nitrogens with one attached hydrogen (secondary N) is 1. The van der Waals surface area contributed by atoms with Gasteiger partial charge in [0.2, 0.25) is 0 Å². The monoisotopic (exact) mass is 274 g/mol. The zero-order chi connectivity index (χ0) is 14.2. The zero-order valence-electron chi connectivity index (χ0n) is 11.6. The first-order chi connectivity index (χ1) is 10.3. The molecule has 1 N–H and O–H groups in total. The van der Waals surface area contributed by atoms with Crippen LogP contribution in [0.3, 0.4) is 0 Å². The van der Waals surface area contributed by atoms with Crippen molar-refractivity contribution in [2.45, 2.75) is 6.92 Å². The first-order valence-electron chi connectivity index (χ1n) is 6.93. The van der Waals surface area contributed by atoms with E-state index in [4.69, 9.17) is 4.52 Å². The maximum atomic E-state index is 5.43. The lowest BCUT2D eigenvalue weighted by Crippen LogP contribution is -1.83. The van der Waals surface area contributed by atoms with Crippen LogP contribution in [0.1, 0.15) is 5.76 Å². The summed E-state index contributed by atoms with van der Waals surface area (Å²) < 4.78 is 5.43. The number of rotatable bonds is 2. The Hall–Kier alpha value is -2.81. The van der Waals surface area contributed by atoms with Crippen LogP contribution in [-0.2, 0) is 0 Å². The number of H-pyrrole nitrogens is 1. The highest BCUT2D eigenvalue weighted by atomic mass is 16.5. The van der Waals surface area contributed by atoms with Crippen molar-refractivity contribution in [1.82, 2.24) is 10.1 Å². The summed E-state index contributed by atoms with van der Waals surface area (Å²) in [5, 5.41) is 5.42. The van der Waals surface area contributed by atoms with Crippen LogP contribution in [0.25, 0.3) is 33.4 Å². The van der Waals surface area contributed by atoms with Crippen LogP contribution in [0.5, 0.6) is 0 Å². The van der Waals surface area contributed by atoms with Gasteiger partial charge >= 0.3 is 0 Å². The summed E-state index contributed by atoms with van der Waals surface area (Å²) in [5.74, 6) is 0.820. The molecule has 4 rings (SSSR count). The second-order valence-corrected chi connectivity index (χ2v) is 5.10. The van der Waals surface area contributed by atoms with E-state index < -0.39 is 0 Å².